The molecule has 0 aliphatic heterocycles. The summed E-state index contributed by atoms with van der Waals surface area (Å²) in [5, 5.41) is 17.1. The number of hydrogen-bond acceptors (Lipinski definition) is 6. The van der Waals surface area contributed by atoms with Gasteiger partial charge in [-0.05, 0) is 24.2 Å². The monoisotopic (exact) mass is 460 g/mol. The summed E-state index contributed by atoms with van der Waals surface area (Å²) in [5.41, 5.74) is 5.98. The van der Waals surface area contributed by atoms with Gasteiger partial charge in [0.25, 0.3) is 0 Å². The Bertz CT molecular complexity index is 617. The molecule has 0 fully saturated rings. The van der Waals surface area contributed by atoms with E-state index in [1.54, 1.807) is 0 Å². The van der Waals surface area contributed by atoms with Crippen molar-refractivity contribution < 1.29 is 24.3 Å². The lowest BCUT2D eigenvalue weighted by atomic mass is 9.95. The van der Waals surface area contributed by atoms with Gasteiger partial charge in [-0.15, -0.1) is 0 Å². The van der Waals surface area contributed by atoms with Crippen molar-refractivity contribution in [1.82, 2.24) is 16.0 Å². The first-order valence-electron chi connectivity index (χ1n) is 10.9. The predicted octanol–water partition coefficient (Wildman–Crippen LogP) is 0.921. The molecule has 0 aromatic heterocycles. The van der Waals surface area contributed by atoms with Crippen LogP contribution in [0.5, 0.6) is 0 Å². The zero-order valence-electron chi connectivity index (χ0n) is 19.5. The van der Waals surface area contributed by atoms with Crippen LogP contribution in [0, 0.1) is 17.8 Å². The van der Waals surface area contributed by atoms with Crippen molar-refractivity contribution in [3.63, 3.8) is 0 Å². The average molecular weight is 461 g/mol. The maximum Gasteiger partial charge on any atom is 0.326 e. The van der Waals surface area contributed by atoms with Crippen molar-refractivity contribution in [3.05, 3.63) is 0 Å². The Morgan fingerprint density at radius 2 is 1.35 bits per heavy atom. The number of nitrogens with two attached hydrogens (primary N) is 1. The van der Waals surface area contributed by atoms with Gasteiger partial charge in [-0.1, -0.05) is 54.4 Å². The van der Waals surface area contributed by atoms with Crippen molar-refractivity contribution in [2.45, 2.75) is 85.0 Å². The first kappa shape index (κ1) is 29.2. The molecule has 9 nitrogen and oxygen atoms in total. The number of rotatable bonds is 14. The summed E-state index contributed by atoms with van der Waals surface area (Å²) < 4.78 is 0. The van der Waals surface area contributed by atoms with Crippen LogP contribution in [-0.2, 0) is 19.2 Å². The highest BCUT2D eigenvalue weighted by atomic mass is 32.1. The number of hydrogen-bond donors (Lipinski definition) is 6. The fourth-order valence-corrected chi connectivity index (χ4v) is 3.14. The molecule has 0 bridgehead atoms. The van der Waals surface area contributed by atoms with Gasteiger partial charge < -0.3 is 26.8 Å². The molecule has 0 aliphatic rings. The van der Waals surface area contributed by atoms with E-state index in [4.69, 9.17) is 5.73 Å². The lowest BCUT2D eigenvalue weighted by Gasteiger charge is -2.28. The molecule has 0 saturated heterocycles. The summed E-state index contributed by atoms with van der Waals surface area (Å²) in [4.78, 5) is 49.4. The topological polar surface area (TPSA) is 151 Å². The van der Waals surface area contributed by atoms with Crippen molar-refractivity contribution >= 4 is 36.3 Å². The number of amides is 3. The predicted molar refractivity (Wildman–Crippen MR) is 124 cm³/mol. The van der Waals surface area contributed by atoms with Crippen LogP contribution in [0.4, 0.5) is 0 Å². The summed E-state index contributed by atoms with van der Waals surface area (Å²) >= 11 is 4.13. The molecular weight excluding hydrogens is 420 g/mol. The molecule has 6 atom stereocenters. The van der Waals surface area contributed by atoms with E-state index in [0.717, 1.165) is 6.42 Å². The number of carbonyl (C=O) groups is 4. The van der Waals surface area contributed by atoms with Gasteiger partial charge in [0.05, 0.1) is 6.04 Å². The van der Waals surface area contributed by atoms with Crippen LogP contribution in [0.1, 0.15) is 60.8 Å². The molecular formula is C21H40N4O5S. The maximum atomic E-state index is 12.9. The molecule has 3 amide bonds. The summed E-state index contributed by atoms with van der Waals surface area (Å²) in [7, 11) is 0. The van der Waals surface area contributed by atoms with Crippen molar-refractivity contribution in [2.24, 2.45) is 23.5 Å². The second-order valence-electron chi connectivity index (χ2n) is 8.56. The number of aliphatic carboxylic acids is 1. The maximum absolute atomic E-state index is 12.9. The third-order valence-corrected chi connectivity index (χ3v) is 5.86. The first-order valence-corrected chi connectivity index (χ1v) is 11.5. The minimum absolute atomic E-state index is 0.0286. The molecule has 0 spiro atoms. The largest absolute Gasteiger partial charge is 0.480 e. The fraction of sp³-hybridized carbons (Fsp3) is 0.810. The lowest BCUT2D eigenvalue weighted by Crippen LogP contribution is -2.59. The number of nitrogens with one attached hydrogen (secondary N) is 3. The Labute approximate surface area is 191 Å². The van der Waals surface area contributed by atoms with Crippen molar-refractivity contribution in [1.29, 1.82) is 0 Å². The molecule has 6 N–H and O–H groups in total. The number of thiol groups is 1. The number of carbonyl (C=O) groups excluding carboxylic acids is 3. The molecule has 10 heteroatoms. The Morgan fingerprint density at radius 3 is 1.77 bits per heavy atom. The third-order valence-electron chi connectivity index (χ3n) is 5.49. The van der Waals surface area contributed by atoms with E-state index in [1.807, 2.05) is 41.5 Å². The van der Waals surface area contributed by atoms with Gasteiger partial charge in [-0.2, -0.15) is 12.6 Å². The summed E-state index contributed by atoms with van der Waals surface area (Å²) in [6, 6.07) is -3.74. The molecule has 0 heterocycles. The highest BCUT2D eigenvalue weighted by molar-refractivity contribution is 7.80. The van der Waals surface area contributed by atoms with Gasteiger partial charge in [0.2, 0.25) is 17.7 Å². The number of carboxylic acid groups (broad SMARTS) is 1. The molecule has 6 unspecified atom stereocenters. The lowest BCUT2D eigenvalue weighted by molar-refractivity contribution is -0.142. The van der Waals surface area contributed by atoms with Crippen LogP contribution in [-0.4, -0.2) is 58.7 Å². The molecule has 0 aromatic carbocycles. The van der Waals surface area contributed by atoms with Crippen molar-refractivity contribution in [3.8, 4) is 0 Å². The van der Waals surface area contributed by atoms with Crippen LogP contribution >= 0.6 is 12.6 Å². The molecule has 0 aromatic rings. The minimum Gasteiger partial charge on any atom is -0.480 e. The highest BCUT2D eigenvalue weighted by Gasteiger charge is 2.32. The smallest absolute Gasteiger partial charge is 0.326 e. The van der Waals surface area contributed by atoms with Gasteiger partial charge in [0.15, 0.2) is 0 Å². The van der Waals surface area contributed by atoms with Crippen LogP contribution < -0.4 is 21.7 Å². The Morgan fingerprint density at radius 1 is 0.839 bits per heavy atom. The first-order chi connectivity index (χ1) is 14.4. The minimum atomic E-state index is -1.14. The average Bonchev–Trinajstić information content (AvgIpc) is 2.72. The molecule has 0 rings (SSSR count). The quantitative estimate of drug-likeness (QED) is 0.212. The van der Waals surface area contributed by atoms with E-state index in [9.17, 15) is 24.3 Å². The van der Waals surface area contributed by atoms with E-state index in [-0.39, 0.29) is 29.9 Å². The normalized spacial score (nSPS) is 17.1. The van der Waals surface area contributed by atoms with E-state index in [0.29, 0.717) is 6.42 Å². The standard InChI is InChI=1S/C21H40N4O5S/c1-7-12(5)16(22)19(27)25-17(13(6)8-2)20(28)24-15(10-31)18(26)23-14(21(29)30)9-11(3)4/h11-17,31H,7-10,22H2,1-6H3,(H,23,26)(H,24,28)(H,25,27)(H,29,30). The fourth-order valence-electron chi connectivity index (χ4n) is 2.88. The summed E-state index contributed by atoms with van der Waals surface area (Å²) in [5.74, 6) is -2.97. The van der Waals surface area contributed by atoms with E-state index >= 15 is 0 Å². The zero-order chi connectivity index (χ0) is 24.3. The van der Waals surface area contributed by atoms with Crippen LogP contribution in [0.15, 0.2) is 0 Å². The Hall–Kier alpha value is -1.81. The Kier molecular flexibility index (Phi) is 13.5. The Balaban J connectivity index is 5.33. The van der Waals surface area contributed by atoms with E-state index in [1.165, 1.54) is 0 Å². The third kappa shape index (κ3) is 9.90. The second kappa shape index (κ2) is 14.3. The van der Waals surface area contributed by atoms with E-state index < -0.39 is 47.9 Å². The van der Waals surface area contributed by atoms with Gasteiger partial charge >= 0.3 is 5.97 Å². The highest BCUT2D eigenvalue weighted by Crippen LogP contribution is 2.12. The van der Waals surface area contributed by atoms with Crippen molar-refractivity contribution in [2.75, 3.05) is 5.75 Å². The van der Waals surface area contributed by atoms with Gasteiger partial charge in [0, 0.05) is 5.75 Å². The SMILES string of the molecule is CCC(C)C(N)C(=O)NC(C(=O)NC(CS)C(=O)NC(CC(C)C)C(=O)O)C(C)CC. The van der Waals surface area contributed by atoms with Gasteiger partial charge in [-0.25, -0.2) is 4.79 Å². The zero-order valence-corrected chi connectivity index (χ0v) is 20.4. The second-order valence-corrected chi connectivity index (χ2v) is 8.92. The van der Waals surface area contributed by atoms with Crippen LogP contribution in [0.3, 0.4) is 0 Å². The van der Waals surface area contributed by atoms with Crippen LogP contribution in [0.2, 0.25) is 0 Å². The molecule has 0 saturated carbocycles. The van der Waals surface area contributed by atoms with E-state index in [2.05, 4.69) is 28.6 Å². The molecule has 0 aliphatic carbocycles. The molecule has 31 heavy (non-hydrogen) atoms. The molecule has 0 radical (unpaired) electrons. The number of carboxylic acids is 1. The summed E-state index contributed by atoms with van der Waals surface area (Å²) in [6.07, 6.45) is 1.59. The van der Waals surface area contributed by atoms with Gasteiger partial charge in [0.1, 0.15) is 18.1 Å². The summed E-state index contributed by atoms with van der Waals surface area (Å²) in [6.45, 7) is 11.2. The van der Waals surface area contributed by atoms with Gasteiger partial charge in [-0.3, -0.25) is 14.4 Å². The molecule has 180 valence electrons. The van der Waals surface area contributed by atoms with Crippen LogP contribution in [0.25, 0.3) is 0 Å².